The molecule has 170 valence electrons. The molecule has 4 N–H and O–H groups in total. The van der Waals surface area contributed by atoms with Crippen molar-refractivity contribution in [2.45, 2.75) is 24.4 Å². The summed E-state index contributed by atoms with van der Waals surface area (Å²) >= 11 is 1.01. The van der Waals surface area contributed by atoms with E-state index in [2.05, 4.69) is 15.6 Å². The molecule has 2 aromatic carbocycles. The summed E-state index contributed by atoms with van der Waals surface area (Å²) in [5.74, 6) is -2.80. The van der Waals surface area contributed by atoms with Crippen molar-refractivity contribution in [1.82, 2.24) is 10.2 Å². The molecule has 3 atom stereocenters. The number of likely N-dealkylation sites (N-methyl/N-ethyl adjacent to an activating group) is 1. The van der Waals surface area contributed by atoms with Crippen LogP contribution in [0.4, 0.5) is 14.5 Å². The van der Waals surface area contributed by atoms with Gasteiger partial charge in [-0.25, -0.2) is 13.8 Å². The number of ketones is 1. The molecule has 2 unspecified atom stereocenters. The number of amides is 1. The van der Waals surface area contributed by atoms with Crippen molar-refractivity contribution in [3.8, 4) is 0 Å². The van der Waals surface area contributed by atoms with E-state index in [1.165, 1.54) is 6.07 Å². The van der Waals surface area contributed by atoms with Crippen molar-refractivity contribution < 1.29 is 18.4 Å². The fourth-order valence-electron chi connectivity index (χ4n) is 3.30. The number of aliphatic imine (C=N–C) groups is 1. The lowest BCUT2D eigenvalue weighted by Gasteiger charge is -2.18. The number of rotatable bonds is 7. The predicted molar refractivity (Wildman–Crippen MR) is 123 cm³/mol. The van der Waals surface area contributed by atoms with Gasteiger partial charge in [-0.2, -0.15) is 0 Å². The number of amidine groups is 1. The molecule has 1 heterocycles. The average molecular weight is 462 g/mol. The molecule has 0 aromatic heterocycles. The van der Waals surface area contributed by atoms with Gasteiger partial charge >= 0.3 is 0 Å². The zero-order valence-corrected chi connectivity index (χ0v) is 18.7. The number of hydrogen-bond acceptors (Lipinski definition) is 7. The Labute approximate surface area is 189 Å². The van der Waals surface area contributed by atoms with Crippen LogP contribution < -0.4 is 16.4 Å². The Bertz CT molecular complexity index is 1010. The quantitative estimate of drug-likeness (QED) is 0.549. The van der Waals surface area contributed by atoms with Crippen LogP contribution in [-0.4, -0.2) is 59.9 Å². The van der Waals surface area contributed by atoms with Crippen molar-refractivity contribution in [2.75, 3.05) is 26.0 Å². The van der Waals surface area contributed by atoms with Crippen molar-refractivity contribution in [3.63, 3.8) is 0 Å². The standard InChI is InChI=1S/C22H25F2N5O2S/c1-12(11-29(2)3)26-21(31)13-7-9-14(10-8-13)27-22-28-20(25)19(32-22)18(30)17-15(23)5-4-6-16(17)24/h4-10,12,19-20H,11,25H2,1-3H3,(H,26,31)(H,27,28)/t12-,19?,20?/m1/s1. The lowest BCUT2D eigenvalue weighted by molar-refractivity contribution is 0.0932. The van der Waals surface area contributed by atoms with Crippen LogP contribution in [-0.2, 0) is 0 Å². The first-order valence-corrected chi connectivity index (χ1v) is 10.8. The van der Waals surface area contributed by atoms with Crippen molar-refractivity contribution >= 4 is 34.3 Å². The maximum absolute atomic E-state index is 14.0. The largest absolute Gasteiger partial charge is 0.348 e. The lowest BCUT2D eigenvalue weighted by Crippen LogP contribution is -2.39. The van der Waals surface area contributed by atoms with Gasteiger partial charge in [-0.1, -0.05) is 17.8 Å². The number of halogens is 2. The third-order valence-corrected chi connectivity index (χ3v) is 5.88. The van der Waals surface area contributed by atoms with Gasteiger partial charge in [0.25, 0.3) is 5.91 Å². The maximum Gasteiger partial charge on any atom is 0.251 e. The summed E-state index contributed by atoms with van der Waals surface area (Å²) in [6, 6.07) is 9.97. The van der Waals surface area contributed by atoms with Crippen LogP contribution >= 0.6 is 11.8 Å². The number of nitrogens with one attached hydrogen (secondary N) is 2. The Morgan fingerprint density at radius 2 is 1.78 bits per heavy atom. The molecule has 1 aliphatic rings. The van der Waals surface area contributed by atoms with Gasteiger partial charge in [-0.05, 0) is 57.4 Å². The van der Waals surface area contributed by atoms with E-state index in [4.69, 9.17) is 5.73 Å². The number of anilines is 1. The summed E-state index contributed by atoms with van der Waals surface area (Å²) in [7, 11) is 3.87. The molecule has 0 bridgehead atoms. The van der Waals surface area contributed by atoms with E-state index in [-0.39, 0.29) is 11.9 Å². The fraction of sp³-hybridized carbons (Fsp3) is 0.318. The van der Waals surface area contributed by atoms with E-state index in [9.17, 15) is 18.4 Å². The average Bonchev–Trinajstić information content (AvgIpc) is 3.07. The monoisotopic (exact) mass is 461 g/mol. The molecule has 0 fully saturated rings. The van der Waals surface area contributed by atoms with Crippen LogP contribution in [0.15, 0.2) is 47.5 Å². The molecular formula is C22H25F2N5O2S. The van der Waals surface area contributed by atoms with Gasteiger partial charge in [0.05, 0.1) is 5.56 Å². The molecule has 32 heavy (non-hydrogen) atoms. The summed E-state index contributed by atoms with van der Waals surface area (Å²) in [6.45, 7) is 2.65. The molecule has 2 aromatic rings. The Balaban J connectivity index is 1.62. The van der Waals surface area contributed by atoms with Gasteiger partial charge < -0.3 is 21.3 Å². The number of thioether (sulfide) groups is 1. The molecule has 0 saturated carbocycles. The predicted octanol–water partition coefficient (Wildman–Crippen LogP) is 2.70. The Kier molecular flexibility index (Phi) is 7.60. The van der Waals surface area contributed by atoms with Crippen LogP contribution in [0.5, 0.6) is 0 Å². The van der Waals surface area contributed by atoms with Crippen LogP contribution in [0.2, 0.25) is 0 Å². The second kappa shape index (κ2) is 10.2. The number of benzene rings is 2. The highest BCUT2D eigenvalue weighted by atomic mass is 32.2. The molecular weight excluding hydrogens is 436 g/mol. The number of carbonyl (C=O) groups is 2. The first kappa shape index (κ1) is 23.8. The first-order chi connectivity index (χ1) is 15.2. The maximum atomic E-state index is 14.0. The highest BCUT2D eigenvalue weighted by molar-refractivity contribution is 8.15. The van der Waals surface area contributed by atoms with E-state index < -0.39 is 34.4 Å². The van der Waals surface area contributed by atoms with Crippen molar-refractivity contribution in [1.29, 1.82) is 0 Å². The zero-order chi connectivity index (χ0) is 23.4. The highest BCUT2D eigenvalue weighted by Crippen LogP contribution is 2.30. The normalized spacial score (nSPS) is 18.9. The Hall–Kier alpha value is -2.82. The summed E-state index contributed by atoms with van der Waals surface area (Å²) in [6.07, 6.45) is -0.947. The van der Waals surface area contributed by atoms with E-state index >= 15 is 0 Å². The number of carbonyl (C=O) groups excluding carboxylic acids is 2. The minimum atomic E-state index is -0.952. The third kappa shape index (κ3) is 5.70. The third-order valence-electron chi connectivity index (χ3n) is 4.70. The minimum Gasteiger partial charge on any atom is -0.348 e. The van der Waals surface area contributed by atoms with Crippen molar-refractivity contribution in [2.24, 2.45) is 10.7 Å². The van der Waals surface area contributed by atoms with Gasteiger partial charge in [0, 0.05) is 23.8 Å². The van der Waals surface area contributed by atoms with Crippen LogP contribution in [0.1, 0.15) is 27.6 Å². The van der Waals surface area contributed by atoms with E-state index in [0.717, 1.165) is 30.4 Å². The zero-order valence-electron chi connectivity index (χ0n) is 17.9. The van der Waals surface area contributed by atoms with E-state index in [1.54, 1.807) is 24.3 Å². The lowest BCUT2D eigenvalue weighted by atomic mass is 10.1. The Morgan fingerprint density at radius 1 is 1.16 bits per heavy atom. The van der Waals surface area contributed by atoms with Gasteiger partial charge in [-0.3, -0.25) is 9.59 Å². The summed E-state index contributed by atoms with van der Waals surface area (Å²) in [5.41, 5.74) is 6.45. The Morgan fingerprint density at radius 3 is 2.38 bits per heavy atom. The summed E-state index contributed by atoms with van der Waals surface area (Å²) in [5, 5.41) is 5.35. The highest BCUT2D eigenvalue weighted by Gasteiger charge is 2.36. The van der Waals surface area contributed by atoms with Gasteiger partial charge in [0.15, 0.2) is 11.0 Å². The number of nitrogens with two attached hydrogens (primary N) is 1. The smallest absolute Gasteiger partial charge is 0.251 e. The summed E-state index contributed by atoms with van der Waals surface area (Å²) < 4.78 is 27.9. The van der Waals surface area contributed by atoms with Crippen LogP contribution in [0.3, 0.4) is 0 Å². The van der Waals surface area contributed by atoms with E-state index in [1.807, 2.05) is 25.9 Å². The second-order valence-electron chi connectivity index (χ2n) is 7.76. The molecule has 3 rings (SSSR count). The van der Waals surface area contributed by atoms with Crippen LogP contribution in [0, 0.1) is 11.6 Å². The van der Waals surface area contributed by atoms with E-state index in [0.29, 0.717) is 16.4 Å². The molecule has 0 aliphatic carbocycles. The molecule has 0 radical (unpaired) electrons. The number of hydrogen-bond donors (Lipinski definition) is 3. The topological polar surface area (TPSA) is 99.8 Å². The second-order valence-corrected chi connectivity index (χ2v) is 8.89. The summed E-state index contributed by atoms with van der Waals surface area (Å²) in [4.78, 5) is 31.2. The minimum absolute atomic E-state index is 0.00482. The molecule has 1 amide bonds. The SMILES string of the molecule is C[C@H](CN(C)C)NC(=O)c1ccc(NC2=NC(N)C(C(=O)c3c(F)cccc3F)S2)cc1. The number of nitrogens with zero attached hydrogens (tertiary/aromatic N) is 2. The molecule has 7 nitrogen and oxygen atoms in total. The number of Topliss-reactive ketones (excluding diaryl/α,β-unsaturated/α-hetero) is 1. The first-order valence-electron chi connectivity index (χ1n) is 9.96. The van der Waals surface area contributed by atoms with Gasteiger partial charge in [-0.15, -0.1) is 0 Å². The fourth-order valence-corrected chi connectivity index (χ4v) is 4.32. The van der Waals surface area contributed by atoms with Crippen molar-refractivity contribution in [3.05, 3.63) is 65.2 Å². The molecule has 10 heteroatoms. The van der Waals surface area contributed by atoms with Crippen LogP contribution in [0.25, 0.3) is 0 Å². The van der Waals surface area contributed by atoms with Gasteiger partial charge in [0.1, 0.15) is 23.1 Å². The molecule has 0 spiro atoms. The molecule has 0 saturated heterocycles. The molecule has 1 aliphatic heterocycles. The van der Waals surface area contributed by atoms with Gasteiger partial charge in [0.2, 0.25) is 0 Å².